The third-order valence-corrected chi connectivity index (χ3v) is 6.40. The fourth-order valence-corrected chi connectivity index (χ4v) is 4.29. The third kappa shape index (κ3) is 5.01. The maximum Gasteiger partial charge on any atom is 0.348 e. The summed E-state index contributed by atoms with van der Waals surface area (Å²) in [7, 11) is -2.42. The van der Waals surface area contributed by atoms with Gasteiger partial charge in [0.05, 0.1) is 16.9 Å². The van der Waals surface area contributed by atoms with Crippen molar-refractivity contribution in [2.75, 3.05) is 17.1 Å². The quantitative estimate of drug-likeness (QED) is 0.578. The molecule has 2 N–H and O–H groups in total. The lowest BCUT2D eigenvalue weighted by Crippen LogP contribution is -2.13. The van der Waals surface area contributed by atoms with Crippen molar-refractivity contribution < 1.29 is 22.7 Å². The van der Waals surface area contributed by atoms with Crippen molar-refractivity contribution in [1.82, 2.24) is 0 Å². The van der Waals surface area contributed by atoms with E-state index in [-0.39, 0.29) is 10.8 Å². The van der Waals surface area contributed by atoms with E-state index in [9.17, 15) is 18.0 Å². The maximum absolute atomic E-state index is 12.4. The molecular formula is C20H18N2O5S2. The van der Waals surface area contributed by atoms with Gasteiger partial charge in [0.15, 0.2) is 0 Å². The fourth-order valence-electron chi connectivity index (χ4n) is 2.42. The van der Waals surface area contributed by atoms with Crippen molar-refractivity contribution in [1.29, 1.82) is 0 Å². The molecule has 1 aromatic heterocycles. The highest BCUT2D eigenvalue weighted by Crippen LogP contribution is 2.21. The van der Waals surface area contributed by atoms with E-state index in [1.165, 1.54) is 31.4 Å². The molecule has 9 heteroatoms. The minimum absolute atomic E-state index is 0.166. The molecule has 2 aromatic carbocycles. The number of benzene rings is 2. The van der Waals surface area contributed by atoms with Gasteiger partial charge in [-0.2, -0.15) is 0 Å². The van der Waals surface area contributed by atoms with Crippen molar-refractivity contribution in [3.63, 3.8) is 0 Å². The van der Waals surface area contributed by atoms with Gasteiger partial charge in [-0.05, 0) is 55.5 Å². The Kier molecular flexibility index (Phi) is 6.00. The van der Waals surface area contributed by atoms with Crippen LogP contribution in [0.25, 0.3) is 0 Å². The zero-order valence-corrected chi connectivity index (χ0v) is 17.3. The number of esters is 1. The Labute approximate surface area is 172 Å². The van der Waals surface area contributed by atoms with Crippen LogP contribution in [0.5, 0.6) is 0 Å². The molecule has 1 amide bonds. The normalized spacial score (nSPS) is 11.0. The molecular weight excluding hydrogens is 412 g/mol. The first-order valence-corrected chi connectivity index (χ1v) is 10.8. The summed E-state index contributed by atoms with van der Waals surface area (Å²) in [6, 6.07) is 15.9. The standard InChI is InChI=1S/C20H18N2O5S2/c1-13-3-9-16(10-4-13)29(25,26)22-15-7-5-14(6-8-15)21-19(23)17-11-12-18(28-17)20(24)27-2/h3-12,22H,1-2H3,(H,21,23). The van der Waals surface area contributed by atoms with Gasteiger partial charge in [-0.25, -0.2) is 13.2 Å². The monoisotopic (exact) mass is 430 g/mol. The molecule has 0 atom stereocenters. The van der Waals surface area contributed by atoms with E-state index in [0.29, 0.717) is 21.1 Å². The summed E-state index contributed by atoms with van der Waals surface area (Å²) in [4.78, 5) is 24.6. The Morgan fingerprint density at radius 2 is 1.45 bits per heavy atom. The van der Waals surface area contributed by atoms with Crippen LogP contribution in [0.2, 0.25) is 0 Å². The molecule has 0 unspecified atom stereocenters. The van der Waals surface area contributed by atoms with Crippen LogP contribution < -0.4 is 10.0 Å². The van der Waals surface area contributed by atoms with E-state index in [1.807, 2.05) is 6.92 Å². The van der Waals surface area contributed by atoms with Crippen LogP contribution in [-0.4, -0.2) is 27.4 Å². The molecule has 0 aliphatic carbocycles. The second-order valence-corrected chi connectivity index (χ2v) is 8.87. The molecule has 0 spiro atoms. The predicted octanol–water partition coefficient (Wildman–Crippen LogP) is 3.90. The van der Waals surface area contributed by atoms with Gasteiger partial charge in [0.1, 0.15) is 4.88 Å². The summed E-state index contributed by atoms with van der Waals surface area (Å²) in [5.41, 5.74) is 1.82. The second kappa shape index (κ2) is 8.46. The topological polar surface area (TPSA) is 102 Å². The smallest absolute Gasteiger partial charge is 0.348 e. The summed E-state index contributed by atoms with van der Waals surface area (Å²) >= 11 is 1.02. The largest absolute Gasteiger partial charge is 0.465 e. The molecule has 7 nitrogen and oxygen atoms in total. The maximum atomic E-state index is 12.4. The molecule has 1 heterocycles. The zero-order chi connectivity index (χ0) is 21.0. The lowest BCUT2D eigenvalue weighted by Gasteiger charge is -2.09. The van der Waals surface area contributed by atoms with Crippen LogP contribution in [-0.2, 0) is 14.8 Å². The lowest BCUT2D eigenvalue weighted by atomic mass is 10.2. The number of carbonyl (C=O) groups is 2. The highest BCUT2D eigenvalue weighted by molar-refractivity contribution is 7.92. The van der Waals surface area contributed by atoms with E-state index in [2.05, 4.69) is 14.8 Å². The Balaban J connectivity index is 1.67. The number of sulfonamides is 1. The zero-order valence-electron chi connectivity index (χ0n) is 15.6. The van der Waals surface area contributed by atoms with Gasteiger partial charge in [-0.3, -0.25) is 9.52 Å². The predicted molar refractivity (Wildman–Crippen MR) is 112 cm³/mol. The number of carbonyl (C=O) groups excluding carboxylic acids is 2. The van der Waals surface area contributed by atoms with Gasteiger partial charge in [0.25, 0.3) is 15.9 Å². The number of anilines is 2. The van der Waals surface area contributed by atoms with E-state index in [4.69, 9.17) is 0 Å². The number of aryl methyl sites for hydroxylation is 1. The Hall–Kier alpha value is -3.17. The van der Waals surface area contributed by atoms with Crippen LogP contribution in [0.3, 0.4) is 0 Å². The molecule has 29 heavy (non-hydrogen) atoms. The first-order chi connectivity index (χ1) is 13.8. The van der Waals surface area contributed by atoms with Gasteiger partial charge in [0.2, 0.25) is 0 Å². The fraction of sp³-hybridized carbons (Fsp3) is 0.100. The summed E-state index contributed by atoms with van der Waals surface area (Å²) in [6.07, 6.45) is 0. The number of nitrogens with one attached hydrogen (secondary N) is 2. The average molecular weight is 431 g/mol. The highest BCUT2D eigenvalue weighted by atomic mass is 32.2. The van der Waals surface area contributed by atoms with Crippen LogP contribution in [0.15, 0.2) is 65.6 Å². The average Bonchev–Trinajstić information content (AvgIpc) is 3.19. The summed E-state index contributed by atoms with van der Waals surface area (Å²) in [6.45, 7) is 1.88. The first-order valence-electron chi connectivity index (χ1n) is 8.47. The molecule has 0 bridgehead atoms. The minimum Gasteiger partial charge on any atom is -0.465 e. The van der Waals surface area contributed by atoms with Gasteiger partial charge in [0, 0.05) is 11.4 Å². The van der Waals surface area contributed by atoms with E-state index < -0.39 is 16.0 Å². The molecule has 0 fully saturated rings. The SMILES string of the molecule is COC(=O)c1ccc(C(=O)Nc2ccc(NS(=O)(=O)c3ccc(C)cc3)cc2)s1. The van der Waals surface area contributed by atoms with Crippen molar-refractivity contribution in [3.05, 3.63) is 76.0 Å². The van der Waals surface area contributed by atoms with E-state index in [0.717, 1.165) is 16.9 Å². The second-order valence-electron chi connectivity index (χ2n) is 6.11. The van der Waals surface area contributed by atoms with Gasteiger partial charge >= 0.3 is 5.97 Å². The molecule has 3 rings (SSSR count). The Morgan fingerprint density at radius 3 is 2.07 bits per heavy atom. The molecule has 150 valence electrons. The molecule has 0 radical (unpaired) electrons. The van der Waals surface area contributed by atoms with Crippen LogP contribution in [0.4, 0.5) is 11.4 Å². The van der Waals surface area contributed by atoms with Gasteiger partial charge in [-0.1, -0.05) is 17.7 Å². The molecule has 0 aliphatic rings. The third-order valence-electron chi connectivity index (χ3n) is 3.94. The number of ether oxygens (including phenoxy) is 1. The Bertz CT molecular complexity index is 1130. The molecule has 0 saturated heterocycles. The van der Waals surface area contributed by atoms with Crippen molar-refractivity contribution >= 4 is 44.6 Å². The molecule has 0 saturated carbocycles. The van der Waals surface area contributed by atoms with Crippen molar-refractivity contribution in [2.45, 2.75) is 11.8 Å². The number of hydrogen-bond acceptors (Lipinski definition) is 6. The number of methoxy groups -OCH3 is 1. The summed E-state index contributed by atoms with van der Waals surface area (Å²) < 4.78 is 32.0. The highest BCUT2D eigenvalue weighted by Gasteiger charge is 2.15. The van der Waals surface area contributed by atoms with Crippen LogP contribution >= 0.6 is 11.3 Å². The summed E-state index contributed by atoms with van der Waals surface area (Å²) in [5, 5.41) is 2.70. The van der Waals surface area contributed by atoms with E-state index >= 15 is 0 Å². The van der Waals surface area contributed by atoms with Crippen molar-refractivity contribution in [3.8, 4) is 0 Å². The van der Waals surface area contributed by atoms with Crippen molar-refractivity contribution in [2.24, 2.45) is 0 Å². The lowest BCUT2D eigenvalue weighted by molar-refractivity contribution is 0.0606. The van der Waals surface area contributed by atoms with Gasteiger partial charge in [-0.15, -0.1) is 11.3 Å². The van der Waals surface area contributed by atoms with Crippen LogP contribution in [0.1, 0.15) is 24.9 Å². The molecule has 3 aromatic rings. The van der Waals surface area contributed by atoms with Crippen LogP contribution in [0, 0.1) is 6.92 Å². The Morgan fingerprint density at radius 1 is 0.862 bits per heavy atom. The summed E-state index contributed by atoms with van der Waals surface area (Å²) in [5.74, 6) is -0.877. The number of amides is 1. The number of rotatable bonds is 6. The number of hydrogen-bond donors (Lipinski definition) is 2. The van der Waals surface area contributed by atoms with E-state index in [1.54, 1.807) is 36.4 Å². The minimum atomic E-state index is -3.70. The van der Waals surface area contributed by atoms with Gasteiger partial charge < -0.3 is 10.1 Å². The number of thiophene rings is 1. The molecule has 0 aliphatic heterocycles. The first kappa shape index (κ1) is 20.6.